The molecule has 3 rings (SSSR count). The number of halogens is 3. The Morgan fingerprint density at radius 3 is 2.07 bits per heavy atom. The number of benzene rings is 1. The molecule has 45 heavy (non-hydrogen) atoms. The highest BCUT2D eigenvalue weighted by molar-refractivity contribution is 7.90. The van der Waals surface area contributed by atoms with Gasteiger partial charge in [-0.15, -0.1) is 0 Å². The van der Waals surface area contributed by atoms with Crippen molar-refractivity contribution in [3.63, 3.8) is 0 Å². The van der Waals surface area contributed by atoms with Gasteiger partial charge in [0.2, 0.25) is 11.8 Å². The van der Waals surface area contributed by atoms with Crippen molar-refractivity contribution in [2.75, 3.05) is 43.2 Å². The quantitative estimate of drug-likeness (QED) is 0.128. The predicted octanol–water partition coefficient (Wildman–Crippen LogP) is 7.05. The summed E-state index contributed by atoms with van der Waals surface area (Å²) in [6, 6.07) is 9.96. The van der Waals surface area contributed by atoms with Crippen molar-refractivity contribution >= 4 is 40.9 Å². The zero-order chi connectivity index (χ0) is 33.7. The summed E-state index contributed by atoms with van der Waals surface area (Å²) in [7, 11) is -7.20. The number of nitrogens with one attached hydrogen (secondary N) is 2. The Hall–Kier alpha value is -3.10. The number of alkyl halides is 3. The van der Waals surface area contributed by atoms with E-state index in [1.54, 1.807) is 77.9 Å². The summed E-state index contributed by atoms with van der Waals surface area (Å²) < 4.78 is 91.6. The number of sulfonamides is 1. The summed E-state index contributed by atoms with van der Waals surface area (Å²) >= 11 is 0. The van der Waals surface area contributed by atoms with Crippen molar-refractivity contribution in [1.29, 1.82) is 0 Å². The van der Waals surface area contributed by atoms with Gasteiger partial charge in [-0.25, -0.2) is 9.97 Å². The number of hydrogen-bond acceptors (Lipinski definition) is 10. The predicted molar refractivity (Wildman–Crippen MR) is 170 cm³/mol. The number of hydrogen-bond donors (Lipinski definition) is 2. The molecule has 3 aromatic rings. The fraction of sp³-hybridized carbons (Fsp3) is 0.483. The van der Waals surface area contributed by atoms with Crippen molar-refractivity contribution in [3.8, 4) is 0 Å². The molecular weight excluding hydrogens is 632 g/mol. The number of anilines is 3. The molecule has 16 heteroatoms. The van der Waals surface area contributed by atoms with E-state index in [0.717, 1.165) is 6.26 Å². The second-order valence-corrected chi connectivity index (χ2v) is 15.4. The van der Waals surface area contributed by atoms with Gasteiger partial charge in [0, 0.05) is 24.6 Å². The fourth-order valence-electron chi connectivity index (χ4n) is 5.00. The molecule has 1 aromatic carbocycles. The number of quaternary nitrogens is 1. The van der Waals surface area contributed by atoms with E-state index in [4.69, 9.17) is 9.05 Å². The van der Waals surface area contributed by atoms with Gasteiger partial charge in [0.15, 0.2) is 0 Å². The monoisotopic (exact) mass is 673 g/mol. The SMILES string of the molecule is CCOP(=O)(OCC)C(C)(C)c1ccc(Nc2ncc(C(F)(F)F)c(NCc3cccnc3[N+](CC)(CC)S(C)(=O)=O)n2)cc1. The molecule has 0 aliphatic rings. The summed E-state index contributed by atoms with van der Waals surface area (Å²) in [5.41, 5.74) is 0.457. The lowest BCUT2D eigenvalue weighted by Crippen LogP contribution is -2.54. The molecule has 11 nitrogen and oxygen atoms in total. The molecule has 0 aliphatic carbocycles. The van der Waals surface area contributed by atoms with Gasteiger partial charge in [-0.05, 0) is 71.4 Å². The minimum absolute atomic E-state index is 0.110. The second kappa shape index (κ2) is 14.1. The van der Waals surface area contributed by atoms with Crippen LogP contribution in [-0.2, 0) is 41.5 Å². The van der Waals surface area contributed by atoms with Crippen LogP contribution in [-0.4, -0.2) is 55.9 Å². The molecule has 0 saturated carbocycles. The molecule has 0 radical (unpaired) electrons. The summed E-state index contributed by atoms with van der Waals surface area (Å²) in [4.78, 5) is 12.3. The molecule has 0 spiro atoms. The van der Waals surface area contributed by atoms with E-state index in [-0.39, 0.29) is 44.6 Å². The minimum atomic E-state index is -4.76. The third-order valence-electron chi connectivity index (χ3n) is 7.58. The third kappa shape index (κ3) is 7.66. The molecule has 248 valence electrons. The van der Waals surface area contributed by atoms with Crippen LogP contribution < -0.4 is 14.5 Å². The maximum atomic E-state index is 14.0. The molecule has 2 heterocycles. The average molecular weight is 674 g/mol. The Bertz CT molecular complexity index is 1610. The lowest BCUT2D eigenvalue weighted by Gasteiger charge is -2.33. The van der Waals surface area contributed by atoms with Crippen LogP contribution in [0.4, 0.5) is 36.4 Å². The molecule has 2 N–H and O–H groups in total. The van der Waals surface area contributed by atoms with Gasteiger partial charge in [-0.3, -0.25) is 4.57 Å². The van der Waals surface area contributed by atoms with Crippen LogP contribution in [0.5, 0.6) is 0 Å². The summed E-state index contributed by atoms with van der Waals surface area (Å²) in [5.74, 6) is -0.381. The zero-order valence-corrected chi connectivity index (χ0v) is 28.2. The normalized spacial score (nSPS) is 13.1. The van der Waals surface area contributed by atoms with Gasteiger partial charge in [-0.2, -0.15) is 30.5 Å². The first kappa shape index (κ1) is 36.4. The van der Waals surface area contributed by atoms with E-state index < -0.39 is 44.2 Å². The van der Waals surface area contributed by atoms with Gasteiger partial charge in [0.1, 0.15) is 11.4 Å². The third-order valence-corrected chi connectivity index (χ3v) is 12.4. The van der Waals surface area contributed by atoms with E-state index in [9.17, 15) is 26.2 Å². The zero-order valence-electron chi connectivity index (χ0n) is 26.5. The molecule has 0 saturated heterocycles. The van der Waals surface area contributed by atoms with Crippen LogP contribution in [0.3, 0.4) is 0 Å². The number of nitrogens with zero attached hydrogens (tertiary/aromatic N) is 4. The molecule has 0 fully saturated rings. The van der Waals surface area contributed by atoms with E-state index in [1.807, 2.05) is 0 Å². The lowest BCUT2D eigenvalue weighted by molar-refractivity contribution is -0.137. The minimum Gasteiger partial charge on any atom is -0.365 e. The molecule has 0 amide bonds. The second-order valence-electron chi connectivity index (χ2n) is 10.6. The van der Waals surface area contributed by atoms with Crippen molar-refractivity contribution < 1.29 is 35.2 Å². The maximum Gasteiger partial charge on any atom is 0.421 e. The Kier molecular flexibility index (Phi) is 11.4. The molecule has 0 bridgehead atoms. The van der Waals surface area contributed by atoms with Gasteiger partial charge in [0.05, 0.1) is 43.3 Å². The first-order chi connectivity index (χ1) is 21.0. The summed E-state index contributed by atoms with van der Waals surface area (Å²) in [6.07, 6.45) is -1.52. The van der Waals surface area contributed by atoms with E-state index in [1.165, 1.54) is 6.20 Å². The topological polar surface area (TPSA) is 132 Å². The van der Waals surface area contributed by atoms with Crippen LogP contribution >= 0.6 is 7.60 Å². The molecule has 2 aromatic heterocycles. The number of aromatic nitrogens is 3. The summed E-state index contributed by atoms with van der Waals surface area (Å²) in [5, 5.41) is 4.66. The van der Waals surface area contributed by atoms with Crippen molar-refractivity contribution in [2.45, 2.75) is 59.4 Å². The first-order valence-corrected chi connectivity index (χ1v) is 17.8. The Labute approximate surface area is 262 Å². The highest BCUT2D eigenvalue weighted by Gasteiger charge is 2.45. The van der Waals surface area contributed by atoms with Gasteiger partial charge < -0.3 is 19.7 Å². The highest BCUT2D eigenvalue weighted by atomic mass is 32.2. The Morgan fingerprint density at radius 2 is 1.56 bits per heavy atom. The van der Waals surface area contributed by atoms with E-state index in [2.05, 4.69) is 25.6 Å². The van der Waals surface area contributed by atoms with Crippen LogP contribution in [0.1, 0.15) is 58.2 Å². The maximum absolute atomic E-state index is 14.0. The molecule has 0 aliphatic heterocycles. The van der Waals surface area contributed by atoms with Gasteiger partial charge >= 0.3 is 13.8 Å². The first-order valence-electron chi connectivity index (χ1n) is 14.5. The fourth-order valence-corrected chi connectivity index (χ4v) is 8.28. The smallest absolute Gasteiger partial charge is 0.365 e. The van der Waals surface area contributed by atoms with Crippen LogP contribution in [0.15, 0.2) is 48.8 Å². The van der Waals surface area contributed by atoms with Crippen molar-refractivity contribution in [2.24, 2.45) is 0 Å². The highest BCUT2D eigenvalue weighted by Crippen LogP contribution is 2.64. The van der Waals surface area contributed by atoms with Crippen LogP contribution in [0, 0.1) is 0 Å². The molecule has 0 atom stereocenters. The van der Waals surface area contributed by atoms with E-state index >= 15 is 0 Å². The Morgan fingerprint density at radius 1 is 0.956 bits per heavy atom. The average Bonchev–Trinajstić information content (AvgIpc) is 2.97. The van der Waals surface area contributed by atoms with Gasteiger partial charge in [0.25, 0.3) is 10.0 Å². The Balaban J connectivity index is 1.93. The standard InChI is InChI=1S/C29H41F3N6O5PS/c1-8-38(9-2,45(7,40)41)26-21(13-12-18-33-26)19-34-25-24(29(30,31)32)20-35-27(37-25)36-23-16-14-22(15-17-23)28(5,6)44(39,42-10-3)43-11-4/h12-18,20H,8-11,19H2,1-7H3,(H2,34,35,36,37)/q+1. The largest absolute Gasteiger partial charge is 0.421 e. The van der Waals surface area contributed by atoms with Crippen molar-refractivity contribution in [1.82, 2.24) is 18.8 Å². The van der Waals surface area contributed by atoms with Gasteiger partial charge in [-0.1, -0.05) is 12.1 Å². The van der Waals surface area contributed by atoms with Crippen molar-refractivity contribution in [3.05, 3.63) is 65.5 Å². The number of pyridine rings is 1. The molecule has 0 unspecified atom stereocenters. The lowest BCUT2D eigenvalue weighted by atomic mass is 10.0. The summed E-state index contributed by atoms with van der Waals surface area (Å²) in [6.45, 7) is 11.0. The van der Waals surface area contributed by atoms with Crippen LogP contribution in [0.2, 0.25) is 0 Å². The molecular formula is C29H41F3N6O5PS+. The van der Waals surface area contributed by atoms with E-state index in [0.29, 0.717) is 23.0 Å². The number of rotatable bonds is 15. The van der Waals surface area contributed by atoms with Crippen LogP contribution in [0.25, 0.3) is 0 Å².